The van der Waals surface area contributed by atoms with Gasteiger partial charge in [-0.05, 0) is 11.1 Å². The van der Waals surface area contributed by atoms with Gasteiger partial charge in [-0.15, -0.1) is 0 Å². The molecule has 1 aromatic rings. The zero-order valence-electron chi connectivity index (χ0n) is 30.8. The van der Waals surface area contributed by atoms with E-state index in [0.717, 1.165) is 118 Å². The topological polar surface area (TPSA) is 147 Å². The van der Waals surface area contributed by atoms with E-state index in [1.807, 2.05) is 0 Å². The van der Waals surface area contributed by atoms with Gasteiger partial charge in [0.25, 0.3) is 0 Å². The van der Waals surface area contributed by atoms with Gasteiger partial charge >= 0.3 is 0 Å². The molecular formula is C36H70N8O6. The first kappa shape index (κ1) is 43.1. The van der Waals surface area contributed by atoms with Crippen molar-refractivity contribution in [2.45, 2.75) is 13.1 Å². The third-order valence-electron chi connectivity index (χ3n) is 10.2. The van der Waals surface area contributed by atoms with Crippen LogP contribution < -0.4 is 0 Å². The van der Waals surface area contributed by atoms with Gasteiger partial charge < -0.3 is 30.6 Å². The average Bonchev–Trinajstić information content (AvgIpc) is 3.11. The summed E-state index contributed by atoms with van der Waals surface area (Å²) in [6.07, 6.45) is 0. The second-order valence-corrected chi connectivity index (χ2v) is 13.8. The second kappa shape index (κ2) is 26.4. The monoisotopic (exact) mass is 711 g/mol. The van der Waals surface area contributed by atoms with Crippen LogP contribution in [0.3, 0.4) is 0 Å². The van der Waals surface area contributed by atoms with Crippen LogP contribution in [0, 0.1) is 0 Å². The minimum atomic E-state index is 0.128. The summed E-state index contributed by atoms with van der Waals surface area (Å²) in [7, 11) is 0. The molecule has 1 aromatic carbocycles. The maximum atomic E-state index is 9.72. The van der Waals surface area contributed by atoms with Crippen LogP contribution >= 0.6 is 0 Å². The molecule has 0 aromatic heterocycles. The SMILES string of the molecule is OCCN1CCN(CCO)CCN(Cc2ccc(CN3CCN(CCO)CCN(CCO)CCN(CCO)CC3)cc2)CCN(CCO)CC1. The minimum absolute atomic E-state index is 0.128. The summed E-state index contributed by atoms with van der Waals surface area (Å²) in [6, 6.07) is 8.99. The molecule has 0 radical (unpaired) electrons. The molecule has 14 nitrogen and oxygen atoms in total. The highest BCUT2D eigenvalue weighted by molar-refractivity contribution is 5.22. The van der Waals surface area contributed by atoms with E-state index >= 15 is 0 Å². The molecule has 0 aliphatic carbocycles. The Kier molecular flexibility index (Phi) is 22.8. The molecule has 0 unspecified atom stereocenters. The van der Waals surface area contributed by atoms with Gasteiger partial charge in [0.15, 0.2) is 0 Å². The number of aliphatic hydroxyl groups excluding tert-OH is 6. The summed E-state index contributed by atoms with van der Waals surface area (Å²) in [5.74, 6) is 0. The molecule has 2 aliphatic rings. The Morgan fingerprint density at radius 1 is 0.280 bits per heavy atom. The fourth-order valence-electron chi connectivity index (χ4n) is 6.93. The van der Waals surface area contributed by atoms with Crippen molar-refractivity contribution in [3.8, 4) is 0 Å². The number of hydrogen-bond acceptors (Lipinski definition) is 14. The molecule has 2 saturated heterocycles. The van der Waals surface area contributed by atoms with Crippen LogP contribution in [0.15, 0.2) is 24.3 Å². The smallest absolute Gasteiger partial charge is 0.0558 e. The molecule has 0 saturated carbocycles. The lowest BCUT2D eigenvalue weighted by atomic mass is 10.1. The largest absolute Gasteiger partial charge is 0.395 e. The van der Waals surface area contributed by atoms with Crippen molar-refractivity contribution in [1.82, 2.24) is 39.2 Å². The van der Waals surface area contributed by atoms with Crippen molar-refractivity contribution in [2.24, 2.45) is 0 Å². The van der Waals surface area contributed by atoms with Gasteiger partial charge in [0, 0.05) is 157 Å². The van der Waals surface area contributed by atoms with E-state index in [1.54, 1.807) is 0 Å². The molecule has 50 heavy (non-hydrogen) atoms. The summed E-state index contributed by atoms with van der Waals surface area (Å²) in [4.78, 5) is 18.8. The highest BCUT2D eigenvalue weighted by atomic mass is 16.3. The lowest BCUT2D eigenvalue weighted by Crippen LogP contribution is -2.47. The number of aliphatic hydroxyl groups is 6. The molecule has 2 fully saturated rings. The number of rotatable bonds is 16. The van der Waals surface area contributed by atoms with Crippen LogP contribution in [0.4, 0.5) is 0 Å². The Morgan fingerprint density at radius 3 is 0.600 bits per heavy atom. The maximum absolute atomic E-state index is 9.72. The maximum Gasteiger partial charge on any atom is 0.0558 e. The first-order valence-electron chi connectivity index (χ1n) is 19.0. The van der Waals surface area contributed by atoms with Crippen molar-refractivity contribution in [2.75, 3.05) is 184 Å². The van der Waals surface area contributed by atoms with Crippen molar-refractivity contribution >= 4 is 0 Å². The van der Waals surface area contributed by atoms with E-state index in [0.29, 0.717) is 39.3 Å². The third kappa shape index (κ3) is 17.5. The first-order valence-corrected chi connectivity index (χ1v) is 19.0. The van der Waals surface area contributed by atoms with Gasteiger partial charge in [-0.2, -0.15) is 0 Å². The molecule has 0 spiro atoms. The summed E-state index contributed by atoms with van der Waals surface area (Å²) in [5.41, 5.74) is 2.53. The van der Waals surface area contributed by atoms with Gasteiger partial charge in [0.1, 0.15) is 0 Å². The van der Waals surface area contributed by atoms with Gasteiger partial charge in [-0.25, -0.2) is 0 Å². The predicted octanol–water partition coefficient (Wildman–Crippen LogP) is -2.92. The molecular weight excluding hydrogens is 640 g/mol. The Balaban J connectivity index is 1.65. The van der Waals surface area contributed by atoms with E-state index in [4.69, 9.17) is 0 Å². The molecule has 2 aliphatic heterocycles. The van der Waals surface area contributed by atoms with Crippen LogP contribution in [0.25, 0.3) is 0 Å². The number of benzene rings is 1. The molecule has 2 heterocycles. The Morgan fingerprint density at radius 2 is 0.440 bits per heavy atom. The lowest BCUT2D eigenvalue weighted by molar-refractivity contribution is 0.103. The first-order chi connectivity index (χ1) is 24.5. The number of hydrogen-bond donors (Lipinski definition) is 6. The fraction of sp³-hybridized carbons (Fsp3) is 0.833. The van der Waals surface area contributed by atoms with Crippen LogP contribution in [-0.4, -0.2) is 253 Å². The summed E-state index contributed by atoms with van der Waals surface area (Å²) < 4.78 is 0. The zero-order chi connectivity index (χ0) is 35.8. The van der Waals surface area contributed by atoms with Crippen molar-refractivity contribution < 1.29 is 30.6 Å². The lowest BCUT2D eigenvalue weighted by Gasteiger charge is -2.34. The van der Waals surface area contributed by atoms with Crippen LogP contribution in [-0.2, 0) is 13.1 Å². The Hall–Kier alpha value is -1.34. The number of β-amino-alcohol motifs (C(OH)–C–C–N with tert-alkyl or cyclic N) is 6. The van der Waals surface area contributed by atoms with E-state index in [-0.39, 0.29) is 39.6 Å². The van der Waals surface area contributed by atoms with E-state index in [1.165, 1.54) is 11.1 Å². The third-order valence-corrected chi connectivity index (χ3v) is 10.2. The standard InChI is InChI=1S/C36H70N8O6/c45-27-21-37-5-9-39(23-29-47)13-17-43(18-14-40(10-6-37)24-30-48)33-35-1-2-36(4-3-35)34-44-19-15-41(25-31-49)11-7-38(22-28-46)8-12-42(16-20-44)26-32-50/h1-4,45-50H,5-34H2. The van der Waals surface area contributed by atoms with Crippen LogP contribution in [0.1, 0.15) is 11.1 Å². The normalized spacial score (nSPS) is 21.4. The van der Waals surface area contributed by atoms with Gasteiger partial charge in [-0.1, -0.05) is 24.3 Å². The van der Waals surface area contributed by atoms with Gasteiger partial charge in [-0.3, -0.25) is 39.2 Å². The number of nitrogens with zero attached hydrogens (tertiary/aromatic N) is 8. The zero-order valence-corrected chi connectivity index (χ0v) is 30.8. The predicted molar refractivity (Wildman–Crippen MR) is 198 cm³/mol. The van der Waals surface area contributed by atoms with Gasteiger partial charge in [0.2, 0.25) is 0 Å². The Bertz CT molecular complexity index is 850. The Labute approximate surface area is 301 Å². The molecule has 14 heteroatoms. The van der Waals surface area contributed by atoms with Gasteiger partial charge in [0.05, 0.1) is 39.6 Å². The molecule has 290 valence electrons. The van der Waals surface area contributed by atoms with E-state index in [9.17, 15) is 30.6 Å². The fourth-order valence-corrected chi connectivity index (χ4v) is 6.93. The van der Waals surface area contributed by atoms with Crippen LogP contribution in [0.2, 0.25) is 0 Å². The van der Waals surface area contributed by atoms with Crippen LogP contribution in [0.5, 0.6) is 0 Å². The molecule has 6 N–H and O–H groups in total. The highest BCUT2D eigenvalue weighted by Crippen LogP contribution is 2.12. The molecule has 0 amide bonds. The molecule has 0 atom stereocenters. The summed E-state index contributed by atoms with van der Waals surface area (Å²) in [6.45, 7) is 20.0. The quantitative estimate of drug-likeness (QED) is 0.104. The summed E-state index contributed by atoms with van der Waals surface area (Å²) in [5, 5.41) is 58.0. The molecule has 3 rings (SSSR count). The summed E-state index contributed by atoms with van der Waals surface area (Å²) >= 11 is 0. The van der Waals surface area contributed by atoms with Crippen molar-refractivity contribution in [3.63, 3.8) is 0 Å². The molecule has 0 bridgehead atoms. The van der Waals surface area contributed by atoms with Crippen molar-refractivity contribution in [3.05, 3.63) is 35.4 Å². The highest BCUT2D eigenvalue weighted by Gasteiger charge is 2.19. The van der Waals surface area contributed by atoms with E-state index in [2.05, 4.69) is 63.5 Å². The van der Waals surface area contributed by atoms with E-state index < -0.39 is 0 Å². The minimum Gasteiger partial charge on any atom is -0.395 e. The second-order valence-electron chi connectivity index (χ2n) is 13.8. The average molecular weight is 711 g/mol. The van der Waals surface area contributed by atoms with Crippen molar-refractivity contribution in [1.29, 1.82) is 0 Å².